The van der Waals surface area contributed by atoms with Gasteiger partial charge < -0.3 is 10.1 Å². The van der Waals surface area contributed by atoms with Crippen molar-refractivity contribution in [2.45, 2.75) is 16.7 Å². The van der Waals surface area contributed by atoms with E-state index in [4.69, 9.17) is 16.3 Å². The summed E-state index contributed by atoms with van der Waals surface area (Å²) in [5, 5.41) is 3.47. The van der Waals surface area contributed by atoms with Gasteiger partial charge in [-0.15, -0.1) is 0 Å². The third-order valence-electron chi connectivity index (χ3n) is 3.79. The van der Waals surface area contributed by atoms with E-state index in [-0.39, 0.29) is 6.61 Å². The van der Waals surface area contributed by atoms with E-state index < -0.39 is 11.9 Å². The van der Waals surface area contributed by atoms with Crippen LogP contribution in [0.4, 0.5) is 5.69 Å². The van der Waals surface area contributed by atoms with E-state index in [1.54, 1.807) is 24.3 Å². The number of amides is 1. The number of nitrogens with one attached hydrogen (secondary N) is 1. The molecule has 0 bridgehead atoms. The second kappa shape index (κ2) is 9.44. The van der Waals surface area contributed by atoms with E-state index in [1.807, 2.05) is 55.5 Å². The molecular weight excluding hydrogens is 394 g/mol. The lowest BCUT2D eigenvalue weighted by molar-refractivity contribution is -0.119. The Kier molecular flexibility index (Phi) is 6.74. The summed E-state index contributed by atoms with van der Waals surface area (Å²) < 4.78 is 5.12. The molecule has 0 saturated heterocycles. The van der Waals surface area contributed by atoms with Crippen molar-refractivity contribution in [3.8, 4) is 0 Å². The van der Waals surface area contributed by atoms with Crippen molar-refractivity contribution in [2.75, 3.05) is 11.9 Å². The minimum absolute atomic E-state index is 0.354. The largest absolute Gasteiger partial charge is 0.452 e. The Balaban J connectivity index is 1.61. The highest BCUT2D eigenvalue weighted by molar-refractivity contribution is 7.99. The van der Waals surface area contributed by atoms with E-state index in [2.05, 4.69) is 5.32 Å². The average molecular weight is 412 g/mol. The molecule has 0 aromatic heterocycles. The van der Waals surface area contributed by atoms with Gasteiger partial charge in [-0.1, -0.05) is 53.2 Å². The van der Waals surface area contributed by atoms with Gasteiger partial charge in [0.1, 0.15) is 0 Å². The zero-order chi connectivity index (χ0) is 19.9. The maximum absolute atomic E-state index is 12.2. The lowest BCUT2D eigenvalue weighted by Gasteiger charge is -2.11. The molecule has 142 valence electrons. The normalized spacial score (nSPS) is 10.4. The van der Waals surface area contributed by atoms with Gasteiger partial charge in [-0.2, -0.15) is 0 Å². The molecule has 1 amide bonds. The summed E-state index contributed by atoms with van der Waals surface area (Å²) in [6.45, 7) is 1.53. The standard InChI is InChI=1S/C22H18ClNO3S/c1-15-5-4-6-16(13-15)22(26)27-14-21(25)24-19-7-2-3-8-20(19)28-18-11-9-17(23)10-12-18/h2-13H,14H2,1H3,(H,24,25). The van der Waals surface area contributed by atoms with Crippen molar-refractivity contribution in [2.24, 2.45) is 0 Å². The SMILES string of the molecule is Cc1cccc(C(=O)OCC(=O)Nc2ccccc2Sc2ccc(Cl)cc2)c1. The summed E-state index contributed by atoms with van der Waals surface area (Å²) in [4.78, 5) is 26.2. The highest BCUT2D eigenvalue weighted by atomic mass is 35.5. The van der Waals surface area contributed by atoms with E-state index in [9.17, 15) is 9.59 Å². The number of rotatable bonds is 6. The molecule has 0 atom stereocenters. The van der Waals surface area contributed by atoms with Crippen LogP contribution in [0.3, 0.4) is 0 Å². The summed E-state index contributed by atoms with van der Waals surface area (Å²) in [5.74, 6) is -0.923. The number of anilines is 1. The molecule has 0 radical (unpaired) electrons. The van der Waals surface area contributed by atoms with Crippen LogP contribution < -0.4 is 5.32 Å². The summed E-state index contributed by atoms with van der Waals surface area (Å²) in [7, 11) is 0. The number of ether oxygens (including phenoxy) is 1. The lowest BCUT2D eigenvalue weighted by atomic mass is 10.1. The minimum Gasteiger partial charge on any atom is -0.452 e. The molecule has 4 nitrogen and oxygen atoms in total. The summed E-state index contributed by atoms with van der Waals surface area (Å²) in [6.07, 6.45) is 0. The number of hydrogen-bond acceptors (Lipinski definition) is 4. The Bertz CT molecular complexity index is 989. The van der Waals surface area contributed by atoms with Crippen LogP contribution in [-0.2, 0) is 9.53 Å². The van der Waals surface area contributed by atoms with Crippen molar-refractivity contribution >= 4 is 40.9 Å². The van der Waals surface area contributed by atoms with Crippen LogP contribution in [0.1, 0.15) is 15.9 Å². The van der Waals surface area contributed by atoms with Gasteiger partial charge in [0.25, 0.3) is 5.91 Å². The van der Waals surface area contributed by atoms with Crippen molar-refractivity contribution in [1.82, 2.24) is 0 Å². The van der Waals surface area contributed by atoms with Crippen LogP contribution in [0.2, 0.25) is 5.02 Å². The molecule has 3 aromatic carbocycles. The molecule has 6 heteroatoms. The number of carbonyl (C=O) groups excluding carboxylic acids is 2. The molecular formula is C22H18ClNO3S. The molecule has 0 fully saturated rings. The molecule has 0 saturated carbocycles. The molecule has 1 N–H and O–H groups in total. The first-order valence-corrected chi connectivity index (χ1v) is 9.77. The van der Waals surface area contributed by atoms with Crippen LogP contribution in [0, 0.1) is 6.92 Å². The molecule has 28 heavy (non-hydrogen) atoms. The Morgan fingerprint density at radius 1 is 1.00 bits per heavy atom. The Morgan fingerprint density at radius 3 is 2.50 bits per heavy atom. The van der Waals surface area contributed by atoms with Gasteiger partial charge in [0, 0.05) is 14.8 Å². The smallest absolute Gasteiger partial charge is 0.338 e. The highest BCUT2D eigenvalue weighted by Gasteiger charge is 2.12. The van der Waals surface area contributed by atoms with Gasteiger partial charge in [0.2, 0.25) is 0 Å². The maximum Gasteiger partial charge on any atom is 0.338 e. The summed E-state index contributed by atoms with van der Waals surface area (Å²) in [5.41, 5.74) is 2.03. The van der Waals surface area contributed by atoms with Gasteiger partial charge >= 0.3 is 5.97 Å². The van der Waals surface area contributed by atoms with Gasteiger partial charge in [-0.3, -0.25) is 4.79 Å². The van der Waals surface area contributed by atoms with Crippen molar-refractivity contribution in [3.05, 3.63) is 88.9 Å². The minimum atomic E-state index is -0.525. The van der Waals surface area contributed by atoms with Gasteiger partial charge in [-0.25, -0.2) is 4.79 Å². The number of aryl methyl sites for hydroxylation is 1. The number of benzene rings is 3. The summed E-state index contributed by atoms with van der Waals surface area (Å²) in [6, 6.07) is 21.9. The zero-order valence-corrected chi connectivity index (χ0v) is 16.7. The van der Waals surface area contributed by atoms with Gasteiger partial charge in [0.15, 0.2) is 6.61 Å². The van der Waals surface area contributed by atoms with Crippen molar-refractivity contribution in [3.63, 3.8) is 0 Å². The Labute approximate surface area is 172 Å². The molecule has 0 aliphatic heterocycles. The molecule has 3 rings (SSSR count). The topological polar surface area (TPSA) is 55.4 Å². The first-order chi connectivity index (χ1) is 13.5. The lowest BCUT2D eigenvalue weighted by Crippen LogP contribution is -2.21. The van der Waals surface area contributed by atoms with Crippen molar-refractivity contribution in [1.29, 1.82) is 0 Å². The first kappa shape index (κ1) is 20.0. The van der Waals surface area contributed by atoms with Crippen LogP contribution >= 0.6 is 23.4 Å². The van der Waals surface area contributed by atoms with Crippen LogP contribution in [-0.4, -0.2) is 18.5 Å². The molecule has 0 aliphatic carbocycles. The number of carbonyl (C=O) groups is 2. The predicted molar refractivity (Wildman–Crippen MR) is 112 cm³/mol. The second-order valence-electron chi connectivity index (χ2n) is 6.05. The number of esters is 1. The van der Waals surface area contributed by atoms with Crippen LogP contribution in [0.15, 0.2) is 82.6 Å². The average Bonchev–Trinajstić information content (AvgIpc) is 2.69. The molecule has 0 heterocycles. The molecule has 0 spiro atoms. The highest BCUT2D eigenvalue weighted by Crippen LogP contribution is 2.33. The third kappa shape index (κ3) is 5.62. The van der Waals surface area contributed by atoms with Crippen molar-refractivity contribution < 1.29 is 14.3 Å². The third-order valence-corrected chi connectivity index (χ3v) is 5.13. The fourth-order valence-corrected chi connectivity index (χ4v) is 3.49. The van der Waals surface area contributed by atoms with E-state index in [1.165, 1.54) is 11.8 Å². The van der Waals surface area contributed by atoms with Crippen LogP contribution in [0.25, 0.3) is 0 Å². The number of halogens is 1. The molecule has 3 aromatic rings. The van der Waals surface area contributed by atoms with E-state index >= 15 is 0 Å². The molecule has 0 unspecified atom stereocenters. The van der Waals surface area contributed by atoms with E-state index in [0.29, 0.717) is 16.3 Å². The predicted octanol–water partition coefficient (Wildman–Crippen LogP) is 5.60. The van der Waals surface area contributed by atoms with Gasteiger partial charge in [0.05, 0.1) is 11.3 Å². The first-order valence-electron chi connectivity index (χ1n) is 8.57. The number of hydrogen-bond donors (Lipinski definition) is 1. The number of para-hydroxylation sites is 1. The maximum atomic E-state index is 12.2. The molecule has 0 aliphatic rings. The Morgan fingerprint density at radius 2 is 1.75 bits per heavy atom. The zero-order valence-electron chi connectivity index (χ0n) is 15.1. The fraction of sp³-hybridized carbons (Fsp3) is 0.0909. The Hall–Kier alpha value is -2.76. The second-order valence-corrected chi connectivity index (χ2v) is 7.60. The fourth-order valence-electron chi connectivity index (χ4n) is 2.46. The monoisotopic (exact) mass is 411 g/mol. The summed E-state index contributed by atoms with van der Waals surface area (Å²) >= 11 is 7.43. The van der Waals surface area contributed by atoms with Crippen LogP contribution in [0.5, 0.6) is 0 Å². The van der Waals surface area contributed by atoms with Gasteiger partial charge in [-0.05, 0) is 55.5 Å². The quantitative estimate of drug-likeness (QED) is 0.537. The van der Waals surface area contributed by atoms with E-state index in [0.717, 1.165) is 15.4 Å².